The summed E-state index contributed by atoms with van der Waals surface area (Å²) < 4.78 is 0.891. The molecular weight excluding hydrogens is 298 g/mol. The van der Waals surface area contributed by atoms with Crippen molar-refractivity contribution < 1.29 is 14.7 Å². The first-order valence-electron chi connectivity index (χ1n) is 5.66. The second-order valence-corrected chi connectivity index (χ2v) is 5.33. The topological polar surface area (TPSA) is 66.4 Å². The van der Waals surface area contributed by atoms with Crippen LogP contribution in [0.1, 0.15) is 25.3 Å². The first kappa shape index (κ1) is 14.7. The normalized spacial score (nSPS) is 11.9. The van der Waals surface area contributed by atoms with E-state index in [0.717, 1.165) is 15.7 Å². The van der Waals surface area contributed by atoms with Crippen molar-refractivity contribution in [1.82, 2.24) is 0 Å². The number of anilines is 1. The van der Waals surface area contributed by atoms with Crippen LogP contribution in [0.2, 0.25) is 0 Å². The molecule has 0 aromatic heterocycles. The lowest BCUT2D eigenvalue weighted by molar-refractivity contribution is -0.138. The van der Waals surface area contributed by atoms with Crippen LogP contribution in [0.5, 0.6) is 0 Å². The van der Waals surface area contributed by atoms with Gasteiger partial charge in [0.25, 0.3) is 0 Å². The monoisotopic (exact) mass is 313 g/mol. The SMILES string of the molecule is Cc1ccc(Br)cc1NC(=O)CC(C)CC(=O)O. The van der Waals surface area contributed by atoms with Gasteiger partial charge in [0.15, 0.2) is 0 Å². The van der Waals surface area contributed by atoms with E-state index in [1.54, 1.807) is 6.92 Å². The predicted octanol–water partition coefficient (Wildman–Crippen LogP) is 3.20. The Morgan fingerprint density at radius 2 is 2.06 bits per heavy atom. The first-order valence-corrected chi connectivity index (χ1v) is 6.45. The molecule has 5 heteroatoms. The van der Waals surface area contributed by atoms with Gasteiger partial charge in [-0.1, -0.05) is 28.9 Å². The highest BCUT2D eigenvalue weighted by molar-refractivity contribution is 9.10. The largest absolute Gasteiger partial charge is 0.481 e. The summed E-state index contributed by atoms with van der Waals surface area (Å²) in [5.41, 5.74) is 1.72. The quantitative estimate of drug-likeness (QED) is 0.877. The number of amides is 1. The highest BCUT2D eigenvalue weighted by Crippen LogP contribution is 2.21. The number of carbonyl (C=O) groups is 2. The van der Waals surface area contributed by atoms with E-state index in [0.29, 0.717) is 0 Å². The zero-order chi connectivity index (χ0) is 13.7. The van der Waals surface area contributed by atoms with Crippen LogP contribution >= 0.6 is 15.9 Å². The lowest BCUT2D eigenvalue weighted by Gasteiger charge is -2.11. The van der Waals surface area contributed by atoms with E-state index >= 15 is 0 Å². The molecule has 0 heterocycles. The number of rotatable bonds is 5. The van der Waals surface area contributed by atoms with Gasteiger partial charge in [-0.25, -0.2) is 0 Å². The molecule has 4 nitrogen and oxygen atoms in total. The fraction of sp³-hybridized carbons (Fsp3) is 0.385. The molecule has 1 atom stereocenters. The van der Waals surface area contributed by atoms with Crippen LogP contribution in [0.25, 0.3) is 0 Å². The average molecular weight is 314 g/mol. The third-order valence-electron chi connectivity index (χ3n) is 2.53. The molecule has 0 bridgehead atoms. The summed E-state index contributed by atoms with van der Waals surface area (Å²) in [6, 6.07) is 5.63. The molecule has 1 unspecified atom stereocenters. The Bertz CT molecular complexity index is 460. The minimum absolute atomic E-state index is 0.00485. The number of carboxylic acid groups (broad SMARTS) is 1. The van der Waals surface area contributed by atoms with Crippen molar-refractivity contribution >= 4 is 33.5 Å². The van der Waals surface area contributed by atoms with Gasteiger partial charge in [-0.05, 0) is 30.5 Å². The molecule has 18 heavy (non-hydrogen) atoms. The predicted molar refractivity (Wildman–Crippen MR) is 73.5 cm³/mol. The molecule has 0 fully saturated rings. The molecule has 0 saturated carbocycles. The van der Waals surface area contributed by atoms with Gasteiger partial charge in [-0.15, -0.1) is 0 Å². The van der Waals surface area contributed by atoms with E-state index in [2.05, 4.69) is 21.2 Å². The molecule has 0 spiro atoms. The van der Waals surface area contributed by atoms with Crippen molar-refractivity contribution in [3.8, 4) is 0 Å². The number of hydrogen-bond acceptors (Lipinski definition) is 2. The Morgan fingerprint density at radius 3 is 2.67 bits per heavy atom. The Labute approximate surface area is 115 Å². The van der Waals surface area contributed by atoms with Gasteiger partial charge in [0, 0.05) is 23.0 Å². The molecule has 2 N–H and O–H groups in total. The van der Waals surface area contributed by atoms with Crippen molar-refractivity contribution in [2.75, 3.05) is 5.32 Å². The highest BCUT2D eigenvalue weighted by Gasteiger charge is 2.13. The second-order valence-electron chi connectivity index (χ2n) is 4.41. The number of halogens is 1. The van der Waals surface area contributed by atoms with Crippen LogP contribution < -0.4 is 5.32 Å². The third kappa shape index (κ3) is 4.87. The minimum Gasteiger partial charge on any atom is -0.481 e. The Hall–Kier alpha value is -1.36. The highest BCUT2D eigenvalue weighted by atomic mass is 79.9. The van der Waals surface area contributed by atoms with E-state index in [9.17, 15) is 9.59 Å². The molecule has 0 saturated heterocycles. The van der Waals surface area contributed by atoms with Gasteiger partial charge in [-0.3, -0.25) is 9.59 Å². The summed E-state index contributed by atoms with van der Waals surface area (Å²) in [4.78, 5) is 22.3. The smallest absolute Gasteiger partial charge is 0.303 e. The lowest BCUT2D eigenvalue weighted by Crippen LogP contribution is -2.17. The average Bonchev–Trinajstić information content (AvgIpc) is 2.21. The van der Waals surface area contributed by atoms with E-state index in [1.165, 1.54) is 0 Å². The fourth-order valence-corrected chi connectivity index (χ4v) is 1.98. The van der Waals surface area contributed by atoms with Crippen molar-refractivity contribution in [2.24, 2.45) is 5.92 Å². The van der Waals surface area contributed by atoms with Crippen LogP contribution in [-0.2, 0) is 9.59 Å². The molecule has 0 radical (unpaired) electrons. The van der Waals surface area contributed by atoms with Crippen molar-refractivity contribution in [3.63, 3.8) is 0 Å². The van der Waals surface area contributed by atoms with Gasteiger partial charge in [-0.2, -0.15) is 0 Å². The lowest BCUT2D eigenvalue weighted by atomic mass is 10.0. The number of aryl methyl sites for hydroxylation is 1. The van der Waals surface area contributed by atoms with E-state index in [-0.39, 0.29) is 24.7 Å². The van der Waals surface area contributed by atoms with Crippen molar-refractivity contribution in [1.29, 1.82) is 0 Å². The number of nitrogens with one attached hydrogen (secondary N) is 1. The zero-order valence-corrected chi connectivity index (χ0v) is 12.0. The van der Waals surface area contributed by atoms with E-state index < -0.39 is 5.97 Å². The summed E-state index contributed by atoms with van der Waals surface area (Å²) in [5, 5.41) is 11.4. The molecular formula is C13H16BrNO3. The van der Waals surface area contributed by atoms with Crippen LogP contribution in [0.4, 0.5) is 5.69 Å². The van der Waals surface area contributed by atoms with Crippen LogP contribution in [0.3, 0.4) is 0 Å². The molecule has 0 aliphatic carbocycles. The van der Waals surface area contributed by atoms with Crippen LogP contribution in [-0.4, -0.2) is 17.0 Å². The van der Waals surface area contributed by atoms with Crippen molar-refractivity contribution in [3.05, 3.63) is 28.2 Å². The summed E-state index contributed by atoms with van der Waals surface area (Å²) in [6.07, 6.45) is 0.211. The minimum atomic E-state index is -0.881. The molecule has 1 rings (SSSR count). The molecule has 1 aromatic carbocycles. The molecule has 0 aliphatic heterocycles. The molecule has 1 aromatic rings. The third-order valence-corrected chi connectivity index (χ3v) is 3.02. The van der Waals surface area contributed by atoms with E-state index in [4.69, 9.17) is 5.11 Å². The summed E-state index contributed by atoms with van der Waals surface area (Å²) in [6.45, 7) is 3.66. The Balaban J connectivity index is 2.59. The Morgan fingerprint density at radius 1 is 1.39 bits per heavy atom. The zero-order valence-electron chi connectivity index (χ0n) is 10.4. The van der Waals surface area contributed by atoms with E-state index in [1.807, 2.05) is 25.1 Å². The Kier molecular flexibility index (Phi) is 5.34. The van der Waals surface area contributed by atoms with Gasteiger partial charge in [0.1, 0.15) is 0 Å². The number of hydrogen-bond donors (Lipinski definition) is 2. The maximum atomic E-state index is 11.7. The van der Waals surface area contributed by atoms with Gasteiger partial charge in [0.05, 0.1) is 0 Å². The first-order chi connectivity index (χ1) is 8.38. The van der Waals surface area contributed by atoms with Crippen LogP contribution in [0.15, 0.2) is 22.7 Å². The van der Waals surface area contributed by atoms with Crippen molar-refractivity contribution in [2.45, 2.75) is 26.7 Å². The maximum Gasteiger partial charge on any atom is 0.303 e. The number of carbonyl (C=O) groups excluding carboxylic acids is 1. The molecule has 98 valence electrons. The summed E-state index contributed by atoms with van der Waals surface area (Å²) in [7, 11) is 0. The second kappa shape index (κ2) is 6.54. The number of benzene rings is 1. The standard InChI is InChI=1S/C13H16BrNO3/c1-8(6-13(17)18)5-12(16)15-11-7-10(14)4-3-9(11)2/h3-4,7-8H,5-6H2,1-2H3,(H,15,16)(H,17,18). The summed E-state index contributed by atoms with van der Waals surface area (Å²) >= 11 is 3.34. The number of aliphatic carboxylic acids is 1. The number of carboxylic acids is 1. The molecule has 0 aliphatic rings. The fourth-order valence-electron chi connectivity index (χ4n) is 1.62. The molecule has 1 amide bonds. The maximum absolute atomic E-state index is 11.7. The summed E-state index contributed by atoms with van der Waals surface area (Å²) in [5.74, 6) is -1.21. The van der Waals surface area contributed by atoms with Gasteiger partial charge >= 0.3 is 5.97 Å². The van der Waals surface area contributed by atoms with Gasteiger partial charge in [0.2, 0.25) is 5.91 Å². The van der Waals surface area contributed by atoms with Gasteiger partial charge < -0.3 is 10.4 Å². The van der Waals surface area contributed by atoms with Crippen LogP contribution in [0, 0.1) is 12.8 Å².